The van der Waals surface area contributed by atoms with E-state index in [0.717, 1.165) is 6.54 Å². The number of benzene rings is 1. The van der Waals surface area contributed by atoms with Gasteiger partial charge in [0.1, 0.15) is 0 Å². The molecule has 0 radical (unpaired) electrons. The molecule has 0 spiro atoms. The summed E-state index contributed by atoms with van der Waals surface area (Å²) in [5, 5.41) is 0. The normalized spacial score (nSPS) is 11.1. The van der Waals surface area contributed by atoms with Gasteiger partial charge in [-0.1, -0.05) is 71.9 Å². The zero-order valence-electron chi connectivity index (χ0n) is 13.9. The highest BCUT2D eigenvalue weighted by atomic mass is 15.1. The van der Waals surface area contributed by atoms with Crippen LogP contribution in [0, 0.1) is 5.41 Å². The third-order valence-corrected chi connectivity index (χ3v) is 2.97. The van der Waals surface area contributed by atoms with Gasteiger partial charge in [0.05, 0.1) is 0 Å². The molecule has 0 bridgehead atoms. The molecule has 1 rings (SSSR count). The van der Waals surface area contributed by atoms with Crippen LogP contribution in [0.3, 0.4) is 0 Å². The summed E-state index contributed by atoms with van der Waals surface area (Å²) in [6, 6.07) is 10.8. The van der Waals surface area contributed by atoms with Crippen LogP contribution in [0.4, 0.5) is 0 Å². The minimum atomic E-state index is 0.433. The van der Waals surface area contributed by atoms with Crippen molar-refractivity contribution in [2.75, 3.05) is 13.1 Å². The number of nitrogens with zero attached hydrogens (tertiary/aromatic N) is 1. The van der Waals surface area contributed by atoms with Crippen molar-refractivity contribution in [3.8, 4) is 0 Å². The van der Waals surface area contributed by atoms with E-state index in [1.165, 1.54) is 31.5 Å². The Kier molecular flexibility index (Phi) is 9.59. The lowest BCUT2D eigenvalue weighted by atomic mass is 9.92. The summed E-state index contributed by atoms with van der Waals surface area (Å²) >= 11 is 0. The third-order valence-electron chi connectivity index (χ3n) is 2.97. The molecule has 0 N–H and O–H groups in total. The van der Waals surface area contributed by atoms with E-state index in [9.17, 15) is 0 Å². The fourth-order valence-corrected chi connectivity index (χ4v) is 1.92. The first-order valence-electron chi connectivity index (χ1n) is 7.77. The molecule has 0 saturated carbocycles. The fraction of sp³-hybridized carbons (Fsp3) is 0.667. The average molecular weight is 263 g/mol. The molecule has 0 amide bonds. The van der Waals surface area contributed by atoms with Crippen LogP contribution < -0.4 is 0 Å². The summed E-state index contributed by atoms with van der Waals surface area (Å²) in [6.07, 6.45) is 2.50. The second kappa shape index (κ2) is 10.0. The average Bonchev–Trinajstić information content (AvgIpc) is 2.39. The van der Waals surface area contributed by atoms with Crippen molar-refractivity contribution in [3.05, 3.63) is 35.9 Å². The molecule has 1 aromatic carbocycles. The summed E-state index contributed by atoms with van der Waals surface area (Å²) in [7, 11) is 0. The van der Waals surface area contributed by atoms with Gasteiger partial charge in [-0.25, -0.2) is 0 Å². The summed E-state index contributed by atoms with van der Waals surface area (Å²) in [5.74, 6) is 0. The maximum atomic E-state index is 2.57. The quantitative estimate of drug-likeness (QED) is 0.667. The zero-order valence-corrected chi connectivity index (χ0v) is 13.9. The number of rotatable bonds is 6. The Labute approximate surface area is 121 Å². The predicted octanol–water partition coefficient (Wildman–Crippen LogP) is 5.36. The van der Waals surface area contributed by atoms with Crippen LogP contribution in [0.1, 0.15) is 59.9 Å². The Morgan fingerprint density at radius 2 is 1.53 bits per heavy atom. The van der Waals surface area contributed by atoms with Gasteiger partial charge >= 0.3 is 0 Å². The van der Waals surface area contributed by atoms with Gasteiger partial charge in [0, 0.05) is 6.54 Å². The van der Waals surface area contributed by atoms with Crippen LogP contribution in [0.25, 0.3) is 0 Å². The molecule has 1 nitrogen and oxygen atoms in total. The molecule has 0 unspecified atom stereocenters. The standard InChI is InChI=1S/C16H27N.C2H6/c1-5-12-17(13-11-16(2,3)4)14-15-9-7-6-8-10-15;1-2/h6-10H,5,11-14H2,1-4H3;1-2H3. The molecular formula is C18H33N. The van der Waals surface area contributed by atoms with Crippen molar-refractivity contribution in [1.82, 2.24) is 4.90 Å². The molecule has 0 saturated heterocycles. The Morgan fingerprint density at radius 1 is 0.947 bits per heavy atom. The Hall–Kier alpha value is -0.820. The topological polar surface area (TPSA) is 3.24 Å². The van der Waals surface area contributed by atoms with Crippen LogP contribution in [-0.2, 0) is 6.54 Å². The van der Waals surface area contributed by atoms with Crippen LogP contribution in [0.5, 0.6) is 0 Å². The maximum Gasteiger partial charge on any atom is 0.0233 e. The van der Waals surface area contributed by atoms with Crippen molar-refractivity contribution < 1.29 is 0 Å². The van der Waals surface area contributed by atoms with E-state index in [1.54, 1.807) is 0 Å². The van der Waals surface area contributed by atoms with Gasteiger partial charge in [0.25, 0.3) is 0 Å². The molecule has 0 aliphatic rings. The van der Waals surface area contributed by atoms with Crippen molar-refractivity contribution in [2.24, 2.45) is 5.41 Å². The van der Waals surface area contributed by atoms with Gasteiger partial charge < -0.3 is 0 Å². The summed E-state index contributed by atoms with van der Waals surface area (Å²) in [6.45, 7) is 16.7. The van der Waals surface area contributed by atoms with Gasteiger partial charge in [-0.05, 0) is 36.9 Å². The number of hydrogen-bond acceptors (Lipinski definition) is 1. The molecule has 110 valence electrons. The van der Waals surface area contributed by atoms with Gasteiger partial charge in [-0.2, -0.15) is 0 Å². The predicted molar refractivity (Wildman–Crippen MR) is 87.4 cm³/mol. The van der Waals surface area contributed by atoms with E-state index < -0.39 is 0 Å². The van der Waals surface area contributed by atoms with Crippen LogP contribution in [0.15, 0.2) is 30.3 Å². The first kappa shape index (κ1) is 18.2. The highest BCUT2D eigenvalue weighted by Gasteiger charge is 2.13. The fourth-order valence-electron chi connectivity index (χ4n) is 1.92. The molecule has 1 aromatic rings. The molecule has 0 heterocycles. The van der Waals surface area contributed by atoms with E-state index in [4.69, 9.17) is 0 Å². The van der Waals surface area contributed by atoms with E-state index in [-0.39, 0.29) is 0 Å². The first-order valence-corrected chi connectivity index (χ1v) is 7.77. The van der Waals surface area contributed by atoms with Crippen molar-refractivity contribution in [1.29, 1.82) is 0 Å². The lowest BCUT2D eigenvalue weighted by molar-refractivity contribution is 0.221. The van der Waals surface area contributed by atoms with Crippen molar-refractivity contribution in [2.45, 2.75) is 60.9 Å². The minimum Gasteiger partial charge on any atom is -0.299 e. The van der Waals surface area contributed by atoms with Gasteiger partial charge in [0.15, 0.2) is 0 Å². The van der Waals surface area contributed by atoms with Crippen molar-refractivity contribution >= 4 is 0 Å². The minimum absolute atomic E-state index is 0.433. The van der Waals surface area contributed by atoms with Crippen LogP contribution in [0.2, 0.25) is 0 Å². The molecule has 1 heteroatoms. The summed E-state index contributed by atoms with van der Waals surface area (Å²) < 4.78 is 0. The smallest absolute Gasteiger partial charge is 0.0233 e. The zero-order chi connectivity index (χ0) is 14.7. The van der Waals surface area contributed by atoms with E-state index in [2.05, 4.69) is 62.9 Å². The molecule has 0 aliphatic carbocycles. The molecule has 0 fully saturated rings. The molecule has 0 atom stereocenters. The largest absolute Gasteiger partial charge is 0.299 e. The molecular weight excluding hydrogens is 230 g/mol. The van der Waals surface area contributed by atoms with E-state index in [0.29, 0.717) is 5.41 Å². The first-order chi connectivity index (χ1) is 9.01. The molecule has 0 aliphatic heterocycles. The van der Waals surface area contributed by atoms with E-state index in [1.807, 2.05) is 13.8 Å². The lowest BCUT2D eigenvalue weighted by Gasteiger charge is -2.26. The summed E-state index contributed by atoms with van der Waals surface area (Å²) in [4.78, 5) is 2.57. The van der Waals surface area contributed by atoms with Crippen LogP contribution >= 0.6 is 0 Å². The Morgan fingerprint density at radius 3 is 2.00 bits per heavy atom. The highest BCUT2D eigenvalue weighted by Crippen LogP contribution is 2.19. The van der Waals surface area contributed by atoms with Crippen LogP contribution in [-0.4, -0.2) is 18.0 Å². The van der Waals surface area contributed by atoms with Gasteiger partial charge in [-0.3, -0.25) is 4.90 Å². The van der Waals surface area contributed by atoms with Gasteiger partial charge in [0.2, 0.25) is 0 Å². The second-order valence-corrected chi connectivity index (χ2v) is 6.07. The van der Waals surface area contributed by atoms with Crippen molar-refractivity contribution in [3.63, 3.8) is 0 Å². The Bertz CT molecular complexity index is 297. The van der Waals surface area contributed by atoms with Gasteiger partial charge in [-0.15, -0.1) is 0 Å². The SMILES string of the molecule is CC.CCCN(CCC(C)(C)C)Cc1ccccc1. The monoisotopic (exact) mass is 263 g/mol. The molecule has 0 aromatic heterocycles. The lowest BCUT2D eigenvalue weighted by Crippen LogP contribution is -2.28. The Balaban J connectivity index is 0.00000154. The number of hydrogen-bond donors (Lipinski definition) is 0. The van der Waals surface area contributed by atoms with E-state index >= 15 is 0 Å². The summed E-state index contributed by atoms with van der Waals surface area (Å²) in [5.41, 5.74) is 1.86. The highest BCUT2D eigenvalue weighted by molar-refractivity contribution is 5.14. The molecule has 19 heavy (non-hydrogen) atoms. The third kappa shape index (κ3) is 9.72. The second-order valence-electron chi connectivity index (χ2n) is 6.07. The maximum absolute atomic E-state index is 2.57.